The monoisotopic (exact) mass is 328 g/mol. The predicted molar refractivity (Wildman–Crippen MR) is 94.1 cm³/mol. The number of nitrogens with zero attached hydrogens (tertiary/aromatic N) is 2. The summed E-state index contributed by atoms with van der Waals surface area (Å²) in [6, 6.07) is 7.50. The molecule has 0 unspecified atom stereocenters. The third-order valence-corrected chi connectivity index (χ3v) is 4.30. The van der Waals surface area contributed by atoms with Crippen LogP contribution in [0, 0.1) is 25.2 Å². The lowest BCUT2D eigenvalue weighted by Crippen LogP contribution is -2.20. The number of carbonyl (C=O) groups is 1. The first-order valence-corrected chi connectivity index (χ1v) is 8.09. The van der Waals surface area contributed by atoms with Crippen LogP contribution in [-0.2, 0) is 5.41 Å². The molecule has 1 aromatic carbocycles. The van der Waals surface area contributed by atoms with E-state index >= 15 is 0 Å². The highest BCUT2D eigenvalue weighted by molar-refractivity contribution is 7.16. The fourth-order valence-electron chi connectivity index (χ4n) is 2.04. The summed E-state index contributed by atoms with van der Waals surface area (Å²) in [6.07, 6.45) is 0. The van der Waals surface area contributed by atoms with Gasteiger partial charge in [0.2, 0.25) is 0 Å². The third kappa shape index (κ3) is 4.08. The van der Waals surface area contributed by atoms with Crippen LogP contribution in [0.2, 0.25) is 0 Å². The van der Waals surface area contributed by atoms with Gasteiger partial charge in [-0.1, -0.05) is 38.2 Å². The summed E-state index contributed by atoms with van der Waals surface area (Å²) in [5.74, 6) is 0. The van der Waals surface area contributed by atoms with Gasteiger partial charge in [0, 0.05) is 11.1 Å². The number of benzene rings is 1. The molecule has 0 saturated heterocycles. The van der Waals surface area contributed by atoms with Gasteiger partial charge in [-0.25, -0.2) is 9.78 Å². The molecule has 0 aliphatic heterocycles. The molecule has 23 heavy (non-hydrogen) atoms. The van der Waals surface area contributed by atoms with E-state index in [-0.39, 0.29) is 11.4 Å². The van der Waals surface area contributed by atoms with Crippen LogP contribution in [0.4, 0.5) is 15.6 Å². The van der Waals surface area contributed by atoms with Crippen molar-refractivity contribution >= 4 is 28.2 Å². The molecular weight excluding hydrogens is 308 g/mol. The van der Waals surface area contributed by atoms with Crippen LogP contribution in [0.1, 0.15) is 42.5 Å². The minimum atomic E-state index is -0.369. The number of aromatic nitrogens is 1. The molecule has 0 saturated carbocycles. The van der Waals surface area contributed by atoms with E-state index in [9.17, 15) is 10.1 Å². The molecule has 0 radical (unpaired) electrons. The minimum Gasteiger partial charge on any atom is -0.308 e. The molecule has 1 aromatic heterocycles. The van der Waals surface area contributed by atoms with Gasteiger partial charge in [-0.3, -0.25) is 5.32 Å². The van der Waals surface area contributed by atoms with Crippen molar-refractivity contribution in [1.29, 1.82) is 5.26 Å². The first-order chi connectivity index (χ1) is 10.7. The third-order valence-electron chi connectivity index (χ3n) is 3.42. The van der Waals surface area contributed by atoms with Crippen molar-refractivity contribution in [1.82, 2.24) is 4.98 Å². The molecular formula is C17H20N4OS. The van der Waals surface area contributed by atoms with Crippen LogP contribution in [0.5, 0.6) is 0 Å². The average molecular weight is 328 g/mol. The number of hydrogen-bond donors (Lipinski definition) is 2. The Bertz CT molecular complexity index is 781. The Hall–Kier alpha value is -2.39. The first-order valence-electron chi connectivity index (χ1n) is 7.27. The van der Waals surface area contributed by atoms with Gasteiger partial charge in [-0.05, 0) is 37.1 Å². The number of nitriles is 1. The lowest BCUT2D eigenvalue weighted by Gasteiger charge is -2.15. The molecule has 2 rings (SSSR count). The number of thiazole rings is 1. The largest absolute Gasteiger partial charge is 0.325 e. The van der Waals surface area contributed by atoms with Crippen LogP contribution < -0.4 is 10.6 Å². The Labute approximate surface area is 140 Å². The summed E-state index contributed by atoms with van der Waals surface area (Å²) in [6.45, 7) is 9.98. The Kier molecular flexibility index (Phi) is 4.71. The zero-order valence-corrected chi connectivity index (χ0v) is 14.8. The standard InChI is InChI=1S/C17H20N4OS/c1-10-6-7-12(8-11(10)2)19-15(22)21-16-20-14(17(3,4)5)13(9-18)23-16/h6-8H,1-5H3,(H2,19,20,21,22). The highest BCUT2D eigenvalue weighted by atomic mass is 32.1. The van der Waals surface area contributed by atoms with Crippen LogP contribution in [0.25, 0.3) is 0 Å². The molecule has 0 fully saturated rings. The number of urea groups is 1. The number of carbonyl (C=O) groups excluding carboxylic acids is 1. The van der Waals surface area contributed by atoms with Crippen molar-refractivity contribution in [2.24, 2.45) is 0 Å². The van der Waals surface area contributed by atoms with Gasteiger partial charge < -0.3 is 5.32 Å². The van der Waals surface area contributed by atoms with E-state index in [1.807, 2.05) is 52.8 Å². The van der Waals surface area contributed by atoms with Gasteiger partial charge in [0.05, 0.1) is 5.69 Å². The molecule has 1 heterocycles. The fraction of sp³-hybridized carbons (Fsp3) is 0.353. The molecule has 2 amide bonds. The summed E-state index contributed by atoms with van der Waals surface area (Å²) >= 11 is 1.19. The predicted octanol–water partition coefficient (Wildman–Crippen LogP) is 4.57. The van der Waals surface area contributed by atoms with Crippen LogP contribution in [0.3, 0.4) is 0 Å². The Morgan fingerprint density at radius 1 is 1.22 bits per heavy atom. The number of anilines is 2. The Morgan fingerprint density at radius 2 is 1.91 bits per heavy atom. The van der Waals surface area contributed by atoms with Crippen LogP contribution in [0.15, 0.2) is 18.2 Å². The topological polar surface area (TPSA) is 77.8 Å². The number of rotatable bonds is 2. The van der Waals surface area contributed by atoms with Crippen LogP contribution in [-0.4, -0.2) is 11.0 Å². The second-order valence-corrected chi connectivity index (χ2v) is 7.44. The molecule has 6 heteroatoms. The van der Waals surface area contributed by atoms with Gasteiger partial charge in [0.1, 0.15) is 10.9 Å². The van der Waals surface area contributed by atoms with Crippen molar-refractivity contribution in [3.05, 3.63) is 39.9 Å². The average Bonchev–Trinajstić information content (AvgIpc) is 2.86. The lowest BCUT2D eigenvalue weighted by molar-refractivity contribution is 0.262. The summed E-state index contributed by atoms with van der Waals surface area (Å²) in [4.78, 5) is 17.0. The molecule has 120 valence electrons. The normalized spacial score (nSPS) is 11.0. The van der Waals surface area contributed by atoms with Gasteiger partial charge in [-0.2, -0.15) is 5.26 Å². The van der Waals surface area contributed by atoms with E-state index < -0.39 is 0 Å². The van der Waals surface area contributed by atoms with Gasteiger partial charge in [0.25, 0.3) is 0 Å². The summed E-state index contributed by atoms with van der Waals surface area (Å²) in [5, 5.41) is 15.1. The zero-order valence-electron chi connectivity index (χ0n) is 13.9. The highest BCUT2D eigenvalue weighted by Crippen LogP contribution is 2.31. The van der Waals surface area contributed by atoms with Gasteiger partial charge >= 0.3 is 6.03 Å². The molecule has 0 aliphatic rings. The first kappa shape index (κ1) is 17.0. The van der Waals surface area contributed by atoms with E-state index in [0.29, 0.717) is 15.7 Å². The van der Waals surface area contributed by atoms with Crippen molar-refractivity contribution in [2.45, 2.75) is 40.0 Å². The molecule has 0 atom stereocenters. The Balaban J connectivity index is 2.13. The maximum Gasteiger partial charge on any atom is 0.325 e. The zero-order chi connectivity index (χ0) is 17.2. The van der Waals surface area contributed by atoms with E-state index in [1.54, 1.807) is 0 Å². The maximum absolute atomic E-state index is 12.1. The maximum atomic E-state index is 12.1. The minimum absolute atomic E-state index is 0.244. The number of amides is 2. The summed E-state index contributed by atoms with van der Waals surface area (Å²) < 4.78 is 0. The Morgan fingerprint density at radius 3 is 2.43 bits per heavy atom. The lowest BCUT2D eigenvalue weighted by atomic mass is 9.91. The number of nitrogens with one attached hydrogen (secondary N) is 2. The second kappa shape index (κ2) is 6.39. The van der Waals surface area contributed by atoms with E-state index in [4.69, 9.17) is 0 Å². The number of aryl methyl sites for hydroxylation is 2. The SMILES string of the molecule is Cc1ccc(NC(=O)Nc2nc(C(C)(C)C)c(C#N)s2)cc1C. The molecule has 0 spiro atoms. The van der Waals surface area contributed by atoms with E-state index in [1.165, 1.54) is 16.9 Å². The molecule has 5 nitrogen and oxygen atoms in total. The summed E-state index contributed by atoms with van der Waals surface area (Å²) in [7, 11) is 0. The molecule has 2 aromatic rings. The van der Waals surface area contributed by atoms with Crippen molar-refractivity contribution in [3.8, 4) is 6.07 Å². The molecule has 0 aliphatic carbocycles. The van der Waals surface area contributed by atoms with Crippen molar-refractivity contribution in [2.75, 3.05) is 10.6 Å². The second-order valence-electron chi connectivity index (χ2n) is 6.44. The molecule has 2 N–H and O–H groups in total. The van der Waals surface area contributed by atoms with Crippen molar-refractivity contribution < 1.29 is 4.79 Å². The van der Waals surface area contributed by atoms with Crippen molar-refractivity contribution in [3.63, 3.8) is 0 Å². The van der Waals surface area contributed by atoms with Gasteiger partial charge in [-0.15, -0.1) is 0 Å². The number of hydrogen-bond acceptors (Lipinski definition) is 4. The summed E-state index contributed by atoms with van der Waals surface area (Å²) in [5.41, 5.74) is 3.46. The quantitative estimate of drug-likeness (QED) is 0.847. The molecule has 0 bridgehead atoms. The van der Waals surface area contributed by atoms with Gasteiger partial charge in [0.15, 0.2) is 5.13 Å². The fourth-order valence-corrected chi connectivity index (χ4v) is 3.00. The van der Waals surface area contributed by atoms with Crippen LogP contribution >= 0.6 is 11.3 Å². The highest BCUT2D eigenvalue weighted by Gasteiger charge is 2.23. The van der Waals surface area contributed by atoms with E-state index in [0.717, 1.165) is 11.3 Å². The smallest absolute Gasteiger partial charge is 0.308 e. The van der Waals surface area contributed by atoms with E-state index in [2.05, 4.69) is 21.7 Å².